The Kier molecular flexibility index (Phi) is 5.45. The molecule has 0 radical (unpaired) electrons. The fraction of sp³-hybridized carbons (Fsp3) is 0.176. The van der Waals surface area contributed by atoms with E-state index in [1.54, 1.807) is 0 Å². The maximum atomic E-state index is 11.9. The second kappa shape index (κ2) is 7.53. The van der Waals surface area contributed by atoms with Crippen LogP contribution in [0.1, 0.15) is 16.7 Å². The van der Waals surface area contributed by atoms with Gasteiger partial charge in [-0.05, 0) is 54.4 Å². The Morgan fingerprint density at radius 3 is 2.45 bits per heavy atom. The number of aryl methyl sites for hydroxylation is 2. The first-order chi connectivity index (χ1) is 10.6. The van der Waals surface area contributed by atoms with E-state index in [2.05, 4.69) is 5.32 Å². The maximum absolute atomic E-state index is 11.9. The van der Waals surface area contributed by atoms with Gasteiger partial charge in [0.2, 0.25) is 0 Å². The summed E-state index contributed by atoms with van der Waals surface area (Å²) in [6, 6.07) is 13.3. The fourth-order valence-corrected chi connectivity index (χ4v) is 2.67. The van der Waals surface area contributed by atoms with Gasteiger partial charge in [0, 0.05) is 10.6 Å². The maximum Gasteiger partial charge on any atom is 0.411 e. The van der Waals surface area contributed by atoms with Crippen molar-refractivity contribution in [3.8, 4) is 5.40 Å². The highest BCUT2D eigenvalue weighted by atomic mass is 32.2. The van der Waals surface area contributed by atoms with Gasteiger partial charge in [-0.25, -0.2) is 4.79 Å². The predicted molar refractivity (Wildman–Crippen MR) is 87.6 cm³/mol. The van der Waals surface area contributed by atoms with Crippen LogP contribution in [0, 0.1) is 24.5 Å². The van der Waals surface area contributed by atoms with Gasteiger partial charge in [0.25, 0.3) is 0 Å². The smallest absolute Gasteiger partial charge is 0.411 e. The molecule has 0 aliphatic carbocycles. The number of amides is 1. The largest absolute Gasteiger partial charge is 0.444 e. The molecule has 5 heteroatoms. The molecule has 2 aromatic carbocycles. The van der Waals surface area contributed by atoms with Gasteiger partial charge in [-0.3, -0.25) is 5.32 Å². The predicted octanol–water partition coefficient (Wildman–Crippen LogP) is 4.63. The number of rotatable bonds is 4. The molecule has 0 spiro atoms. The first-order valence-corrected chi connectivity index (χ1v) is 7.56. The quantitative estimate of drug-likeness (QED) is 0.660. The number of thioether (sulfide) groups is 1. The zero-order valence-electron chi connectivity index (χ0n) is 12.4. The molecule has 22 heavy (non-hydrogen) atoms. The second-order valence-electron chi connectivity index (χ2n) is 4.81. The van der Waals surface area contributed by atoms with E-state index in [9.17, 15) is 4.79 Å². The SMILES string of the molecule is Cc1cc(SC#N)cc(C)c1NC(=O)OCc1ccccc1. The van der Waals surface area contributed by atoms with E-state index in [-0.39, 0.29) is 6.61 Å². The number of hydrogen-bond donors (Lipinski definition) is 1. The summed E-state index contributed by atoms with van der Waals surface area (Å²) in [6.45, 7) is 4.01. The van der Waals surface area contributed by atoms with Gasteiger partial charge in [-0.2, -0.15) is 5.26 Å². The highest BCUT2D eigenvalue weighted by molar-refractivity contribution is 8.03. The van der Waals surface area contributed by atoms with Crippen LogP contribution in [0.4, 0.5) is 10.5 Å². The average molecular weight is 312 g/mol. The fourth-order valence-electron chi connectivity index (χ4n) is 2.09. The van der Waals surface area contributed by atoms with Crippen LogP contribution in [0.15, 0.2) is 47.4 Å². The lowest BCUT2D eigenvalue weighted by atomic mass is 10.1. The van der Waals surface area contributed by atoms with Crippen LogP contribution in [0.2, 0.25) is 0 Å². The average Bonchev–Trinajstić information content (AvgIpc) is 2.50. The van der Waals surface area contributed by atoms with Gasteiger partial charge in [0.1, 0.15) is 12.0 Å². The number of nitrogens with zero attached hydrogens (tertiary/aromatic N) is 1. The number of thiocyanates is 1. The molecule has 2 aromatic rings. The van der Waals surface area contributed by atoms with E-state index >= 15 is 0 Å². The number of carbonyl (C=O) groups is 1. The van der Waals surface area contributed by atoms with Crippen LogP contribution in [0.25, 0.3) is 0 Å². The Balaban J connectivity index is 2.01. The number of anilines is 1. The molecule has 112 valence electrons. The van der Waals surface area contributed by atoms with Crippen LogP contribution in [-0.2, 0) is 11.3 Å². The standard InChI is InChI=1S/C17H16N2O2S/c1-12-8-15(22-11-18)9-13(2)16(12)19-17(20)21-10-14-6-4-3-5-7-14/h3-9H,10H2,1-2H3,(H,19,20). The topological polar surface area (TPSA) is 62.1 Å². The summed E-state index contributed by atoms with van der Waals surface area (Å²) in [5, 5.41) is 13.5. The van der Waals surface area contributed by atoms with Gasteiger partial charge >= 0.3 is 6.09 Å². The van der Waals surface area contributed by atoms with E-state index < -0.39 is 6.09 Å². The third kappa shape index (κ3) is 4.27. The molecule has 0 heterocycles. The molecule has 0 unspecified atom stereocenters. The second-order valence-corrected chi connectivity index (χ2v) is 5.67. The van der Waals surface area contributed by atoms with Crippen molar-refractivity contribution < 1.29 is 9.53 Å². The zero-order valence-corrected chi connectivity index (χ0v) is 13.2. The number of ether oxygens (including phenoxy) is 1. The minimum Gasteiger partial charge on any atom is -0.444 e. The van der Waals surface area contributed by atoms with Crippen LogP contribution >= 0.6 is 11.8 Å². The van der Waals surface area contributed by atoms with Crippen molar-refractivity contribution >= 4 is 23.5 Å². The normalized spacial score (nSPS) is 9.86. The molecule has 0 aliphatic heterocycles. The summed E-state index contributed by atoms with van der Waals surface area (Å²) in [7, 11) is 0. The van der Waals surface area contributed by atoms with E-state index in [4.69, 9.17) is 10.00 Å². The molecule has 0 fully saturated rings. The monoisotopic (exact) mass is 312 g/mol. The Bertz CT molecular complexity index is 685. The molecule has 0 saturated heterocycles. The van der Waals surface area contributed by atoms with Crippen molar-refractivity contribution in [1.82, 2.24) is 0 Å². The zero-order chi connectivity index (χ0) is 15.9. The van der Waals surface area contributed by atoms with Gasteiger partial charge < -0.3 is 4.74 Å². The molecule has 0 atom stereocenters. The molecule has 1 amide bonds. The molecule has 2 rings (SSSR count). The molecule has 4 nitrogen and oxygen atoms in total. The van der Waals surface area contributed by atoms with Crippen molar-refractivity contribution in [2.45, 2.75) is 25.3 Å². The number of carbonyl (C=O) groups excluding carboxylic acids is 1. The van der Waals surface area contributed by atoms with E-state index in [0.717, 1.165) is 39.0 Å². The first-order valence-electron chi connectivity index (χ1n) is 6.75. The number of nitriles is 1. The summed E-state index contributed by atoms with van der Waals surface area (Å²) in [6.07, 6.45) is -0.490. The number of benzene rings is 2. The van der Waals surface area contributed by atoms with Crippen LogP contribution in [-0.4, -0.2) is 6.09 Å². The van der Waals surface area contributed by atoms with Crippen LogP contribution in [0.5, 0.6) is 0 Å². The van der Waals surface area contributed by atoms with Crippen molar-refractivity contribution in [3.63, 3.8) is 0 Å². The Labute approximate surface area is 134 Å². The summed E-state index contributed by atoms with van der Waals surface area (Å²) in [5.74, 6) is 0. The molecule has 1 N–H and O–H groups in total. The highest BCUT2D eigenvalue weighted by Crippen LogP contribution is 2.27. The lowest BCUT2D eigenvalue weighted by Gasteiger charge is -2.13. The Morgan fingerprint density at radius 1 is 1.23 bits per heavy atom. The summed E-state index contributed by atoms with van der Waals surface area (Å²) in [4.78, 5) is 12.8. The van der Waals surface area contributed by atoms with E-state index in [1.165, 1.54) is 0 Å². The van der Waals surface area contributed by atoms with E-state index in [0.29, 0.717) is 0 Å². The summed E-state index contributed by atoms with van der Waals surface area (Å²) < 4.78 is 5.21. The molecule has 0 saturated carbocycles. The minimum atomic E-state index is -0.490. The Hall–Kier alpha value is -2.45. The molecule has 0 aromatic heterocycles. The Morgan fingerprint density at radius 2 is 1.86 bits per heavy atom. The third-order valence-corrected chi connectivity index (χ3v) is 3.67. The van der Waals surface area contributed by atoms with Gasteiger partial charge in [0.15, 0.2) is 0 Å². The third-order valence-electron chi connectivity index (χ3n) is 3.11. The lowest BCUT2D eigenvalue weighted by molar-refractivity contribution is 0.155. The van der Waals surface area contributed by atoms with Gasteiger partial charge in [-0.1, -0.05) is 30.3 Å². The molecule has 0 aliphatic rings. The summed E-state index contributed by atoms with van der Waals surface area (Å²) >= 11 is 1.10. The molecule has 0 bridgehead atoms. The minimum absolute atomic E-state index is 0.229. The van der Waals surface area contributed by atoms with E-state index in [1.807, 2.05) is 61.7 Å². The van der Waals surface area contributed by atoms with Gasteiger partial charge in [-0.15, -0.1) is 0 Å². The van der Waals surface area contributed by atoms with Crippen LogP contribution < -0.4 is 5.32 Å². The number of nitrogens with one attached hydrogen (secondary N) is 1. The summed E-state index contributed by atoms with van der Waals surface area (Å²) in [5.41, 5.74) is 3.45. The van der Waals surface area contributed by atoms with Crippen molar-refractivity contribution in [3.05, 3.63) is 59.2 Å². The van der Waals surface area contributed by atoms with Crippen molar-refractivity contribution in [2.75, 3.05) is 5.32 Å². The van der Waals surface area contributed by atoms with Gasteiger partial charge in [0.05, 0.1) is 0 Å². The first kappa shape index (κ1) is 15.9. The van der Waals surface area contributed by atoms with Crippen LogP contribution in [0.3, 0.4) is 0 Å². The number of hydrogen-bond acceptors (Lipinski definition) is 4. The van der Waals surface area contributed by atoms with Crippen molar-refractivity contribution in [1.29, 1.82) is 5.26 Å². The molecular formula is C17H16N2O2S. The highest BCUT2D eigenvalue weighted by Gasteiger charge is 2.10. The molecular weight excluding hydrogens is 296 g/mol. The van der Waals surface area contributed by atoms with Crippen molar-refractivity contribution in [2.24, 2.45) is 0 Å². The lowest BCUT2D eigenvalue weighted by Crippen LogP contribution is -2.15.